The largest absolute Gasteiger partial charge is 0.320 e. The molecule has 1 fully saturated rings. The highest BCUT2D eigenvalue weighted by Gasteiger charge is 2.36. The van der Waals surface area contributed by atoms with Crippen LogP contribution < -0.4 is 10.6 Å². The Hall–Kier alpha value is -2.02. The highest BCUT2D eigenvalue weighted by Crippen LogP contribution is 2.33. The Labute approximate surface area is 120 Å². The molecule has 0 bridgehead atoms. The van der Waals surface area contributed by atoms with Gasteiger partial charge in [0.1, 0.15) is 5.54 Å². The molecule has 0 heterocycles. The topological polar surface area (TPSA) is 64.9 Å². The second-order valence-corrected chi connectivity index (χ2v) is 5.49. The summed E-state index contributed by atoms with van der Waals surface area (Å²) in [5.41, 5.74) is 0.0326. The van der Waals surface area contributed by atoms with Crippen LogP contribution in [-0.2, 0) is 0 Å². The van der Waals surface area contributed by atoms with Crippen LogP contribution in [0.5, 0.6) is 0 Å². The van der Waals surface area contributed by atoms with Gasteiger partial charge in [0, 0.05) is 5.69 Å². The molecule has 2 amide bonds. The zero-order valence-corrected chi connectivity index (χ0v) is 11.9. The second-order valence-electron chi connectivity index (χ2n) is 5.49. The minimum Gasteiger partial charge on any atom is -0.319 e. The number of carbonyl (C=O) groups excluding carboxylic acids is 1. The molecule has 1 aliphatic carbocycles. The Morgan fingerprint density at radius 1 is 1.35 bits per heavy atom. The van der Waals surface area contributed by atoms with Crippen LogP contribution in [0.4, 0.5) is 10.5 Å². The van der Waals surface area contributed by atoms with Crippen molar-refractivity contribution in [3.63, 3.8) is 0 Å². The zero-order chi connectivity index (χ0) is 14.4. The lowest BCUT2D eigenvalue weighted by Gasteiger charge is -2.35. The highest BCUT2D eigenvalue weighted by atomic mass is 16.2. The fourth-order valence-corrected chi connectivity index (χ4v) is 2.74. The van der Waals surface area contributed by atoms with Gasteiger partial charge in [0.2, 0.25) is 0 Å². The summed E-state index contributed by atoms with van der Waals surface area (Å²) in [5.74, 6) is 0.690. The molecule has 1 aromatic rings. The molecule has 20 heavy (non-hydrogen) atoms. The van der Waals surface area contributed by atoms with Crippen LogP contribution in [0.1, 0.15) is 39.0 Å². The molecule has 1 aliphatic rings. The molecule has 1 aromatic carbocycles. The van der Waals surface area contributed by atoms with Crippen molar-refractivity contribution < 1.29 is 4.79 Å². The minimum absolute atomic E-state index is 0.298. The quantitative estimate of drug-likeness (QED) is 0.881. The maximum absolute atomic E-state index is 12.0. The number of hydrogen-bond donors (Lipinski definition) is 2. The predicted octanol–water partition coefficient (Wildman–Crippen LogP) is 3.67. The molecular weight excluding hydrogens is 250 g/mol. The summed E-state index contributed by atoms with van der Waals surface area (Å²) in [7, 11) is 0. The van der Waals surface area contributed by atoms with Crippen molar-refractivity contribution in [2.24, 2.45) is 5.92 Å². The van der Waals surface area contributed by atoms with Crippen molar-refractivity contribution in [1.82, 2.24) is 5.32 Å². The molecule has 4 nitrogen and oxygen atoms in total. The number of para-hydroxylation sites is 1. The van der Waals surface area contributed by atoms with E-state index in [1.807, 2.05) is 30.3 Å². The number of nitrogens with zero attached hydrogens (tertiary/aromatic N) is 1. The number of benzene rings is 1. The van der Waals surface area contributed by atoms with E-state index in [0.29, 0.717) is 5.92 Å². The van der Waals surface area contributed by atoms with E-state index in [1.165, 1.54) is 0 Å². The lowest BCUT2D eigenvalue weighted by Crippen LogP contribution is -2.51. The molecule has 0 unspecified atom stereocenters. The standard InChI is InChI=1S/C16H21N3O/c1-2-13-8-10-16(12-17,11-9-13)19-15(20)18-14-6-4-3-5-7-14/h3-7,13H,2,8-11H2,1H3,(H2,18,19,20). The molecule has 0 aromatic heterocycles. The summed E-state index contributed by atoms with van der Waals surface area (Å²) < 4.78 is 0. The Balaban J connectivity index is 1.94. The van der Waals surface area contributed by atoms with E-state index in [1.54, 1.807) is 0 Å². The molecule has 4 heteroatoms. The van der Waals surface area contributed by atoms with Crippen LogP contribution in [0.15, 0.2) is 30.3 Å². The molecule has 0 aliphatic heterocycles. The van der Waals surface area contributed by atoms with Crippen molar-refractivity contribution in [2.45, 2.75) is 44.6 Å². The van der Waals surface area contributed by atoms with E-state index in [2.05, 4.69) is 23.6 Å². The first-order chi connectivity index (χ1) is 9.67. The average Bonchev–Trinajstić information content (AvgIpc) is 2.49. The van der Waals surface area contributed by atoms with Gasteiger partial charge in [0.05, 0.1) is 6.07 Å². The smallest absolute Gasteiger partial charge is 0.319 e. The molecule has 0 radical (unpaired) electrons. The Bertz CT molecular complexity index is 484. The third-order valence-corrected chi connectivity index (χ3v) is 4.13. The molecule has 0 atom stereocenters. The predicted molar refractivity (Wildman–Crippen MR) is 79.2 cm³/mol. The SMILES string of the molecule is CCC1CCC(C#N)(NC(=O)Nc2ccccc2)CC1. The van der Waals surface area contributed by atoms with Crippen LogP contribution in [-0.4, -0.2) is 11.6 Å². The minimum atomic E-state index is -0.704. The van der Waals surface area contributed by atoms with E-state index in [9.17, 15) is 10.1 Å². The fraction of sp³-hybridized carbons (Fsp3) is 0.500. The third kappa shape index (κ3) is 3.51. The van der Waals surface area contributed by atoms with Gasteiger partial charge in [-0.05, 0) is 43.7 Å². The molecule has 2 N–H and O–H groups in total. The van der Waals surface area contributed by atoms with Crippen molar-refractivity contribution in [1.29, 1.82) is 5.26 Å². The first-order valence-corrected chi connectivity index (χ1v) is 7.23. The summed E-state index contributed by atoms with van der Waals surface area (Å²) in [6, 6.07) is 11.3. The molecule has 2 rings (SSSR count). The monoisotopic (exact) mass is 271 g/mol. The van der Waals surface area contributed by atoms with Gasteiger partial charge in [-0.3, -0.25) is 0 Å². The Morgan fingerprint density at radius 3 is 2.55 bits per heavy atom. The van der Waals surface area contributed by atoms with Gasteiger partial charge < -0.3 is 10.6 Å². The first-order valence-electron chi connectivity index (χ1n) is 7.23. The Morgan fingerprint density at radius 2 is 2.00 bits per heavy atom. The summed E-state index contributed by atoms with van der Waals surface area (Å²) in [4.78, 5) is 12.0. The summed E-state index contributed by atoms with van der Waals surface area (Å²) in [6.07, 6.45) is 4.65. The van der Waals surface area contributed by atoms with Crippen molar-refractivity contribution in [3.05, 3.63) is 30.3 Å². The molecular formula is C16H21N3O. The second kappa shape index (κ2) is 6.42. The van der Waals surface area contributed by atoms with Crippen LogP contribution in [0.3, 0.4) is 0 Å². The van der Waals surface area contributed by atoms with Gasteiger partial charge in [-0.2, -0.15) is 5.26 Å². The van der Waals surface area contributed by atoms with Gasteiger partial charge in [0.15, 0.2) is 0 Å². The number of nitriles is 1. The summed E-state index contributed by atoms with van der Waals surface area (Å²) in [6.45, 7) is 2.18. The van der Waals surface area contributed by atoms with Gasteiger partial charge in [-0.25, -0.2) is 4.79 Å². The van der Waals surface area contributed by atoms with E-state index in [0.717, 1.165) is 37.8 Å². The van der Waals surface area contributed by atoms with Crippen LogP contribution in [0.2, 0.25) is 0 Å². The fourth-order valence-electron chi connectivity index (χ4n) is 2.74. The van der Waals surface area contributed by atoms with Crippen LogP contribution >= 0.6 is 0 Å². The van der Waals surface area contributed by atoms with E-state index < -0.39 is 5.54 Å². The number of hydrogen-bond acceptors (Lipinski definition) is 2. The number of rotatable bonds is 3. The zero-order valence-electron chi connectivity index (χ0n) is 11.9. The van der Waals surface area contributed by atoms with Crippen molar-refractivity contribution in [3.8, 4) is 6.07 Å². The lowest BCUT2D eigenvalue weighted by atomic mass is 9.76. The molecule has 1 saturated carbocycles. The number of urea groups is 1. The van der Waals surface area contributed by atoms with E-state index in [4.69, 9.17) is 0 Å². The van der Waals surface area contributed by atoms with Gasteiger partial charge in [0.25, 0.3) is 0 Å². The van der Waals surface area contributed by atoms with Crippen molar-refractivity contribution >= 4 is 11.7 Å². The molecule has 0 spiro atoms. The van der Waals surface area contributed by atoms with Crippen LogP contribution in [0.25, 0.3) is 0 Å². The summed E-state index contributed by atoms with van der Waals surface area (Å²) >= 11 is 0. The molecule has 0 saturated heterocycles. The first kappa shape index (κ1) is 14.4. The average molecular weight is 271 g/mol. The summed E-state index contributed by atoms with van der Waals surface area (Å²) in [5, 5.41) is 15.1. The maximum atomic E-state index is 12.0. The number of anilines is 1. The lowest BCUT2D eigenvalue weighted by molar-refractivity contribution is 0.216. The third-order valence-electron chi connectivity index (χ3n) is 4.13. The maximum Gasteiger partial charge on any atom is 0.320 e. The number of nitrogens with one attached hydrogen (secondary N) is 2. The van der Waals surface area contributed by atoms with Crippen LogP contribution in [0, 0.1) is 17.2 Å². The highest BCUT2D eigenvalue weighted by molar-refractivity contribution is 5.90. The van der Waals surface area contributed by atoms with Gasteiger partial charge in [-0.15, -0.1) is 0 Å². The molecule has 106 valence electrons. The van der Waals surface area contributed by atoms with E-state index in [-0.39, 0.29) is 6.03 Å². The normalized spacial score (nSPS) is 25.5. The number of amides is 2. The number of carbonyl (C=O) groups is 1. The Kier molecular flexibility index (Phi) is 4.62. The van der Waals surface area contributed by atoms with Gasteiger partial charge in [-0.1, -0.05) is 31.5 Å². The van der Waals surface area contributed by atoms with Gasteiger partial charge >= 0.3 is 6.03 Å². The van der Waals surface area contributed by atoms with Crippen molar-refractivity contribution in [2.75, 3.05) is 5.32 Å². The van der Waals surface area contributed by atoms with E-state index >= 15 is 0 Å².